The van der Waals surface area contributed by atoms with Crippen LogP contribution in [-0.4, -0.2) is 43.8 Å². The molecule has 9 nitrogen and oxygen atoms in total. The standard InChI is InChI=1S/C29H26BrN3O6/c1-4-38-29(36)20-6-10-22(11-7-20)31-27(34)17-39-25-14-5-19(16-26(25)37-3)15-24-18(2)32-33(28(24)35)23-12-8-21(30)9-13-23/h5-16H,4,17H2,1-3H3,(H,31,34). The number of esters is 1. The van der Waals surface area contributed by atoms with E-state index in [1.165, 1.54) is 12.1 Å². The number of ether oxygens (including phenoxy) is 3. The molecule has 0 radical (unpaired) electrons. The number of nitrogens with zero attached hydrogens (tertiary/aromatic N) is 2. The summed E-state index contributed by atoms with van der Waals surface area (Å²) in [7, 11) is 1.49. The fourth-order valence-electron chi connectivity index (χ4n) is 3.75. The number of amides is 2. The minimum atomic E-state index is -0.424. The largest absolute Gasteiger partial charge is 0.493 e. The van der Waals surface area contributed by atoms with Crippen LogP contribution in [0.25, 0.3) is 6.08 Å². The summed E-state index contributed by atoms with van der Waals surface area (Å²) in [6.45, 7) is 3.54. The van der Waals surface area contributed by atoms with Crippen LogP contribution in [0.15, 0.2) is 81.9 Å². The van der Waals surface area contributed by atoms with E-state index in [-0.39, 0.29) is 25.0 Å². The fourth-order valence-corrected chi connectivity index (χ4v) is 4.01. The van der Waals surface area contributed by atoms with Crippen LogP contribution >= 0.6 is 15.9 Å². The number of rotatable bonds is 9. The summed E-state index contributed by atoms with van der Waals surface area (Å²) in [5, 5.41) is 8.49. The molecule has 3 aromatic rings. The number of nitrogens with one attached hydrogen (secondary N) is 1. The summed E-state index contributed by atoms with van der Waals surface area (Å²) in [6.07, 6.45) is 1.74. The van der Waals surface area contributed by atoms with Gasteiger partial charge in [0.2, 0.25) is 0 Å². The van der Waals surface area contributed by atoms with E-state index in [4.69, 9.17) is 14.2 Å². The number of carbonyl (C=O) groups excluding carboxylic acids is 3. The van der Waals surface area contributed by atoms with Gasteiger partial charge in [-0.05, 0) is 86.2 Å². The Bertz CT molecular complexity index is 1450. The first-order valence-corrected chi connectivity index (χ1v) is 12.8. The third-order valence-electron chi connectivity index (χ3n) is 5.67. The molecule has 1 heterocycles. The lowest BCUT2D eigenvalue weighted by Crippen LogP contribution is -2.21. The number of halogens is 1. The van der Waals surface area contributed by atoms with Crippen molar-refractivity contribution >= 4 is 56.9 Å². The summed E-state index contributed by atoms with van der Waals surface area (Å²) in [6, 6.07) is 18.8. The Morgan fingerprint density at radius 2 is 1.74 bits per heavy atom. The zero-order valence-corrected chi connectivity index (χ0v) is 23.2. The average molecular weight is 592 g/mol. The summed E-state index contributed by atoms with van der Waals surface area (Å²) in [5.74, 6) is -0.274. The number of anilines is 2. The maximum Gasteiger partial charge on any atom is 0.338 e. The van der Waals surface area contributed by atoms with Gasteiger partial charge in [-0.25, -0.2) is 4.79 Å². The molecule has 0 saturated heterocycles. The summed E-state index contributed by atoms with van der Waals surface area (Å²) < 4.78 is 17.0. The van der Waals surface area contributed by atoms with Gasteiger partial charge in [-0.3, -0.25) is 9.59 Å². The van der Waals surface area contributed by atoms with Crippen LogP contribution < -0.4 is 19.8 Å². The molecule has 0 unspecified atom stereocenters. The van der Waals surface area contributed by atoms with E-state index >= 15 is 0 Å². The van der Waals surface area contributed by atoms with Crippen molar-refractivity contribution in [3.8, 4) is 11.5 Å². The third kappa shape index (κ3) is 6.71. The first-order valence-electron chi connectivity index (χ1n) is 12.0. The van der Waals surface area contributed by atoms with Crippen molar-refractivity contribution in [2.45, 2.75) is 13.8 Å². The van der Waals surface area contributed by atoms with E-state index in [2.05, 4.69) is 26.3 Å². The van der Waals surface area contributed by atoms with Gasteiger partial charge in [0, 0.05) is 10.2 Å². The van der Waals surface area contributed by atoms with Crippen LogP contribution in [0, 0.1) is 0 Å². The predicted molar refractivity (Wildman–Crippen MR) is 152 cm³/mol. The number of carbonyl (C=O) groups is 3. The van der Waals surface area contributed by atoms with Gasteiger partial charge in [-0.2, -0.15) is 10.1 Å². The summed E-state index contributed by atoms with van der Waals surface area (Å²) >= 11 is 3.39. The van der Waals surface area contributed by atoms with Crippen LogP contribution in [-0.2, 0) is 14.3 Å². The van der Waals surface area contributed by atoms with Crippen molar-refractivity contribution in [1.29, 1.82) is 0 Å². The Labute approximate surface area is 234 Å². The molecule has 0 aromatic heterocycles. The second-order valence-corrected chi connectivity index (χ2v) is 9.30. The molecule has 0 spiro atoms. The Kier molecular flexibility index (Phi) is 8.77. The van der Waals surface area contributed by atoms with Crippen LogP contribution in [0.4, 0.5) is 11.4 Å². The van der Waals surface area contributed by atoms with Gasteiger partial charge in [0.1, 0.15) is 0 Å². The second kappa shape index (κ2) is 12.4. The molecule has 3 aromatic carbocycles. The summed E-state index contributed by atoms with van der Waals surface area (Å²) in [4.78, 5) is 37.2. The van der Waals surface area contributed by atoms with Crippen molar-refractivity contribution in [2.24, 2.45) is 5.10 Å². The summed E-state index contributed by atoms with van der Waals surface area (Å²) in [5.41, 5.74) is 3.34. The van der Waals surface area contributed by atoms with Crippen LogP contribution in [0.3, 0.4) is 0 Å². The van der Waals surface area contributed by atoms with Gasteiger partial charge < -0.3 is 19.5 Å². The first kappa shape index (κ1) is 27.6. The zero-order valence-electron chi connectivity index (χ0n) is 21.6. The lowest BCUT2D eigenvalue weighted by Gasteiger charge is -2.12. The topological polar surface area (TPSA) is 107 Å². The zero-order chi connectivity index (χ0) is 27.9. The molecular formula is C29H26BrN3O6. The molecule has 200 valence electrons. The molecule has 0 atom stereocenters. The van der Waals surface area contributed by atoms with E-state index < -0.39 is 5.97 Å². The fraction of sp³-hybridized carbons (Fsp3) is 0.172. The van der Waals surface area contributed by atoms with Gasteiger partial charge in [0.25, 0.3) is 11.8 Å². The van der Waals surface area contributed by atoms with Crippen LogP contribution in [0.5, 0.6) is 11.5 Å². The number of hydrazone groups is 1. The predicted octanol–water partition coefficient (Wildman–Crippen LogP) is 5.46. The lowest BCUT2D eigenvalue weighted by atomic mass is 10.1. The van der Waals surface area contributed by atoms with E-state index in [0.29, 0.717) is 45.3 Å². The molecule has 0 bridgehead atoms. The van der Waals surface area contributed by atoms with E-state index in [9.17, 15) is 14.4 Å². The molecular weight excluding hydrogens is 566 g/mol. The minimum absolute atomic E-state index is 0.235. The van der Waals surface area contributed by atoms with Crippen molar-refractivity contribution in [3.63, 3.8) is 0 Å². The van der Waals surface area contributed by atoms with Gasteiger partial charge in [0.15, 0.2) is 18.1 Å². The Balaban J connectivity index is 1.40. The second-order valence-electron chi connectivity index (χ2n) is 8.38. The highest BCUT2D eigenvalue weighted by atomic mass is 79.9. The Morgan fingerprint density at radius 1 is 1.03 bits per heavy atom. The molecule has 1 aliphatic heterocycles. The van der Waals surface area contributed by atoms with Gasteiger partial charge in [-0.15, -0.1) is 0 Å². The number of methoxy groups -OCH3 is 1. The van der Waals surface area contributed by atoms with Crippen molar-refractivity contribution in [3.05, 3.63) is 87.9 Å². The normalized spacial score (nSPS) is 13.7. The van der Waals surface area contributed by atoms with Crippen molar-refractivity contribution in [2.75, 3.05) is 30.6 Å². The average Bonchev–Trinajstić information content (AvgIpc) is 3.21. The smallest absolute Gasteiger partial charge is 0.338 e. The van der Waals surface area contributed by atoms with E-state index in [0.717, 1.165) is 4.47 Å². The molecule has 0 saturated carbocycles. The molecule has 2 amide bonds. The maximum absolute atomic E-state index is 13.0. The van der Waals surface area contributed by atoms with E-state index in [1.54, 1.807) is 62.4 Å². The van der Waals surface area contributed by atoms with Gasteiger partial charge in [-0.1, -0.05) is 22.0 Å². The Morgan fingerprint density at radius 3 is 2.41 bits per heavy atom. The van der Waals surface area contributed by atoms with Crippen LogP contribution in [0.2, 0.25) is 0 Å². The molecule has 0 fully saturated rings. The number of hydrogen-bond donors (Lipinski definition) is 1. The highest BCUT2D eigenvalue weighted by molar-refractivity contribution is 9.10. The number of hydrogen-bond acceptors (Lipinski definition) is 7. The van der Waals surface area contributed by atoms with Crippen LogP contribution in [0.1, 0.15) is 29.8 Å². The quantitative estimate of drug-likeness (QED) is 0.262. The Hall–Kier alpha value is -4.44. The minimum Gasteiger partial charge on any atom is -0.493 e. The first-order chi connectivity index (χ1) is 18.8. The lowest BCUT2D eigenvalue weighted by molar-refractivity contribution is -0.118. The van der Waals surface area contributed by atoms with Crippen molar-refractivity contribution in [1.82, 2.24) is 0 Å². The number of benzene rings is 3. The SMILES string of the molecule is CCOC(=O)c1ccc(NC(=O)COc2ccc(C=C3C(=O)N(c4ccc(Br)cc4)N=C3C)cc2OC)cc1. The highest BCUT2D eigenvalue weighted by Crippen LogP contribution is 2.31. The van der Waals surface area contributed by atoms with Crippen molar-refractivity contribution < 1.29 is 28.6 Å². The molecule has 1 N–H and O–H groups in total. The van der Waals surface area contributed by atoms with E-state index in [1.807, 2.05) is 24.3 Å². The maximum atomic E-state index is 13.0. The molecule has 39 heavy (non-hydrogen) atoms. The molecule has 0 aliphatic carbocycles. The molecule has 1 aliphatic rings. The van der Waals surface area contributed by atoms with Gasteiger partial charge >= 0.3 is 5.97 Å². The molecule has 10 heteroatoms. The molecule has 4 rings (SSSR count). The van der Waals surface area contributed by atoms with Gasteiger partial charge in [0.05, 0.1) is 36.3 Å². The third-order valence-corrected chi connectivity index (χ3v) is 6.20. The monoisotopic (exact) mass is 591 g/mol. The highest BCUT2D eigenvalue weighted by Gasteiger charge is 2.28.